The fraction of sp³-hybridized carbons (Fsp3) is 0.353. The molecule has 0 aliphatic heterocycles. The van der Waals surface area contributed by atoms with Gasteiger partial charge in [-0.1, -0.05) is 24.2 Å². The van der Waals surface area contributed by atoms with Crippen LogP contribution in [0.3, 0.4) is 0 Å². The number of rotatable bonds is 6. The highest BCUT2D eigenvalue weighted by Crippen LogP contribution is 2.34. The Kier molecular flexibility index (Phi) is 6.43. The van der Waals surface area contributed by atoms with E-state index in [-0.39, 0.29) is 24.6 Å². The lowest BCUT2D eigenvalue weighted by Gasteiger charge is -2.23. The van der Waals surface area contributed by atoms with Gasteiger partial charge >= 0.3 is 12.2 Å². The number of alkyl halides is 3. The number of carbonyl (C=O) groups is 2. The van der Waals surface area contributed by atoms with E-state index in [1.54, 1.807) is 13.8 Å². The zero-order chi connectivity index (χ0) is 20.0. The first-order valence-corrected chi connectivity index (χ1v) is 8.16. The lowest BCUT2D eigenvalue weighted by molar-refractivity contribution is -0.137. The quantitative estimate of drug-likeness (QED) is 0.791. The van der Waals surface area contributed by atoms with E-state index in [1.807, 2.05) is 0 Å². The Morgan fingerprint density at radius 3 is 2.52 bits per heavy atom. The topological polar surface area (TPSA) is 87.5 Å². The molecule has 2 aromatic rings. The van der Waals surface area contributed by atoms with Crippen molar-refractivity contribution in [2.75, 3.05) is 23.7 Å². The van der Waals surface area contributed by atoms with E-state index in [1.165, 1.54) is 18.2 Å². The molecule has 0 bridgehead atoms. The number of nitrogens with one attached hydrogen (secondary N) is 2. The Balaban J connectivity index is 2.08. The molecule has 146 valence electrons. The molecule has 0 unspecified atom stereocenters. The number of para-hydroxylation sites is 1. The van der Waals surface area contributed by atoms with Crippen LogP contribution in [0.15, 0.2) is 34.9 Å². The Morgan fingerprint density at radius 1 is 1.22 bits per heavy atom. The minimum atomic E-state index is -4.61. The lowest BCUT2D eigenvalue weighted by atomic mass is 10.1. The van der Waals surface area contributed by atoms with E-state index in [2.05, 4.69) is 15.8 Å². The van der Waals surface area contributed by atoms with Gasteiger partial charge in [0.05, 0.1) is 11.3 Å². The van der Waals surface area contributed by atoms with Crippen molar-refractivity contribution in [2.45, 2.75) is 26.4 Å². The highest BCUT2D eigenvalue weighted by atomic mass is 19.4. The monoisotopic (exact) mass is 384 g/mol. The molecule has 2 N–H and O–H groups in total. The van der Waals surface area contributed by atoms with E-state index < -0.39 is 23.7 Å². The van der Waals surface area contributed by atoms with Crippen LogP contribution in [-0.2, 0) is 11.0 Å². The maximum Gasteiger partial charge on any atom is 0.418 e. The molecule has 1 aromatic heterocycles. The van der Waals surface area contributed by atoms with Crippen molar-refractivity contribution in [2.24, 2.45) is 0 Å². The number of carbonyl (C=O) groups excluding carboxylic acids is 2. The Hall–Kier alpha value is -3.04. The average molecular weight is 384 g/mol. The Morgan fingerprint density at radius 2 is 1.93 bits per heavy atom. The molecule has 7 nitrogen and oxygen atoms in total. The van der Waals surface area contributed by atoms with E-state index in [9.17, 15) is 22.8 Å². The zero-order valence-corrected chi connectivity index (χ0v) is 14.8. The number of anilines is 2. The minimum Gasteiger partial charge on any atom is -0.360 e. The summed E-state index contributed by atoms with van der Waals surface area (Å²) in [6, 6.07) is 5.34. The molecule has 3 amide bonds. The molecule has 0 aliphatic rings. The van der Waals surface area contributed by atoms with Gasteiger partial charge in [-0.2, -0.15) is 13.2 Å². The van der Waals surface area contributed by atoms with Gasteiger partial charge in [0.1, 0.15) is 12.3 Å². The predicted molar refractivity (Wildman–Crippen MR) is 92.2 cm³/mol. The number of benzene rings is 1. The third-order valence-corrected chi connectivity index (χ3v) is 3.48. The molecule has 0 fully saturated rings. The van der Waals surface area contributed by atoms with Crippen molar-refractivity contribution in [3.63, 3.8) is 0 Å². The second-order valence-corrected chi connectivity index (χ2v) is 5.77. The first kappa shape index (κ1) is 20.3. The van der Waals surface area contributed by atoms with Gasteiger partial charge in [-0.15, -0.1) is 0 Å². The van der Waals surface area contributed by atoms with Crippen molar-refractivity contribution in [3.05, 3.63) is 41.7 Å². The molecule has 0 saturated carbocycles. The van der Waals surface area contributed by atoms with Crippen LogP contribution in [0.5, 0.6) is 0 Å². The molecular formula is C17H19F3N4O3. The average Bonchev–Trinajstić information content (AvgIpc) is 2.98. The number of aryl methyl sites for hydroxylation is 1. The maximum absolute atomic E-state index is 13.1. The maximum atomic E-state index is 13.1. The molecular weight excluding hydrogens is 365 g/mol. The van der Waals surface area contributed by atoms with Crippen LogP contribution in [-0.4, -0.2) is 35.1 Å². The number of urea groups is 1. The summed E-state index contributed by atoms with van der Waals surface area (Å²) >= 11 is 0. The first-order valence-electron chi connectivity index (χ1n) is 8.16. The van der Waals surface area contributed by atoms with Gasteiger partial charge in [-0.3, -0.25) is 4.79 Å². The summed E-state index contributed by atoms with van der Waals surface area (Å²) in [5.41, 5.74) is -1.33. The van der Waals surface area contributed by atoms with Gasteiger partial charge in [-0.25, -0.2) is 4.79 Å². The number of hydrogen-bond donors (Lipinski definition) is 2. The van der Waals surface area contributed by atoms with Crippen molar-refractivity contribution in [1.82, 2.24) is 10.1 Å². The molecule has 2 rings (SSSR count). The number of halogens is 3. The molecule has 1 aromatic carbocycles. The van der Waals surface area contributed by atoms with E-state index in [0.29, 0.717) is 12.2 Å². The molecule has 27 heavy (non-hydrogen) atoms. The second-order valence-electron chi connectivity index (χ2n) is 5.77. The zero-order valence-electron chi connectivity index (χ0n) is 14.8. The van der Waals surface area contributed by atoms with Gasteiger partial charge in [0.2, 0.25) is 5.91 Å². The number of aromatic nitrogens is 1. The molecule has 0 spiro atoms. The predicted octanol–water partition coefficient (Wildman–Crippen LogP) is 3.88. The minimum absolute atomic E-state index is 0.186. The van der Waals surface area contributed by atoms with E-state index in [0.717, 1.165) is 17.0 Å². The largest absolute Gasteiger partial charge is 0.418 e. The van der Waals surface area contributed by atoms with Gasteiger partial charge in [0.25, 0.3) is 0 Å². The Labute approximate surface area is 153 Å². The summed E-state index contributed by atoms with van der Waals surface area (Å²) in [6.07, 6.45) is -4.09. The summed E-state index contributed by atoms with van der Waals surface area (Å²) in [5, 5.41) is 8.30. The van der Waals surface area contributed by atoms with Crippen LogP contribution in [0.2, 0.25) is 0 Å². The molecule has 1 heterocycles. The Bertz CT molecular complexity index is 805. The van der Waals surface area contributed by atoms with Crippen LogP contribution in [0.25, 0.3) is 0 Å². The first-order chi connectivity index (χ1) is 12.7. The number of amides is 3. The highest BCUT2D eigenvalue weighted by molar-refractivity contribution is 5.96. The molecule has 0 atom stereocenters. The van der Waals surface area contributed by atoms with Crippen LogP contribution in [0.1, 0.15) is 24.7 Å². The van der Waals surface area contributed by atoms with Crippen molar-refractivity contribution in [3.8, 4) is 0 Å². The van der Waals surface area contributed by atoms with Gasteiger partial charge in [0, 0.05) is 12.6 Å². The van der Waals surface area contributed by atoms with Crippen LogP contribution in [0.4, 0.5) is 29.5 Å². The van der Waals surface area contributed by atoms with E-state index in [4.69, 9.17) is 4.52 Å². The lowest BCUT2D eigenvalue weighted by Crippen LogP contribution is -2.41. The summed E-state index contributed by atoms with van der Waals surface area (Å²) < 4.78 is 44.0. The van der Waals surface area contributed by atoms with Gasteiger partial charge < -0.3 is 20.1 Å². The summed E-state index contributed by atoms with van der Waals surface area (Å²) in [7, 11) is 0. The normalized spacial score (nSPS) is 11.1. The van der Waals surface area contributed by atoms with Crippen LogP contribution >= 0.6 is 0 Å². The van der Waals surface area contributed by atoms with Crippen molar-refractivity contribution < 1.29 is 27.3 Å². The molecule has 0 aliphatic carbocycles. The second kappa shape index (κ2) is 8.56. The van der Waals surface area contributed by atoms with Crippen LogP contribution < -0.4 is 10.6 Å². The highest BCUT2D eigenvalue weighted by Gasteiger charge is 2.34. The molecule has 10 heteroatoms. The SMILES string of the molecule is CCCN(CC(=O)Nc1cc(C)on1)C(=O)Nc1ccccc1C(F)(F)F. The molecule has 0 saturated heterocycles. The summed E-state index contributed by atoms with van der Waals surface area (Å²) in [6.45, 7) is 3.27. The van der Waals surface area contributed by atoms with Crippen LogP contribution in [0, 0.1) is 6.92 Å². The number of hydrogen-bond acceptors (Lipinski definition) is 4. The third kappa shape index (κ3) is 5.73. The standard InChI is InChI=1S/C17H19F3N4O3/c1-3-8-24(10-15(25)22-14-9-11(2)27-23-14)16(26)21-13-7-5-4-6-12(13)17(18,19)20/h4-7,9H,3,8,10H2,1-2H3,(H,21,26)(H,22,23,25). The van der Waals surface area contributed by atoms with Gasteiger partial charge in [0.15, 0.2) is 5.82 Å². The van der Waals surface area contributed by atoms with Gasteiger partial charge in [-0.05, 0) is 25.5 Å². The van der Waals surface area contributed by atoms with E-state index >= 15 is 0 Å². The smallest absolute Gasteiger partial charge is 0.360 e. The van der Waals surface area contributed by atoms with Crippen molar-refractivity contribution >= 4 is 23.4 Å². The fourth-order valence-electron chi connectivity index (χ4n) is 2.34. The summed E-state index contributed by atoms with van der Waals surface area (Å²) in [4.78, 5) is 25.6. The number of nitrogens with zero attached hydrogens (tertiary/aromatic N) is 2. The van der Waals surface area contributed by atoms with Crippen molar-refractivity contribution in [1.29, 1.82) is 0 Å². The fourth-order valence-corrected chi connectivity index (χ4v) is 2.34. The summed E-state index contributed by atoms with van der Waals surface area (Å²) in [5.74, 6) is 0.144. The molecule has 0 radical (unpaired) electrons. The third-order valence-electron chi connectivity index (χ3n) is 3.48.